The molecule has 0 aliphatic carbocycles. The average Bonchev–Trinajstić information content (AvgIpc) is 2.55. The van der Waals surface area contributed by atoms with Crippen LogP contribution in [0.15, 0.2) is 42.5 Å². The fraction of sp³-hybridized carbons (Fsp3) is 0.200. The molecule has 0 atom stereocenters. The van der Waals surface area contributed by atoms with E-state index in [4.69, 9.17) is 0 Å². The number of rotatable bonds is 3. The van der Waals surface area contributed by atoms with Gasteiger partial charge in [0.15, 0.2) is 0 Å². The second kappa shape index (κ2) is 6.10. The van der Waals surface area contributed by atoms with Gasteiger partial charge in [-0.2, -0.15) is 5.26 Å². The van der Waals surface area contributed by atoms with Gasteiger partial charge in [-0.15, -0.1) is 0 Å². The fourth-order valence-electron chi connectivity index (χ4n) is 2.81. The highest BCUT2D eigenvalue weighted by Gasteiger charge is 2.08. The summed E-state index contributed by atoms with van der Waals surface area (Å²) in [6, 6.07) is 16.3. The number of nitrogens with zero attached hydrogens (tertiary/aromatic N) is 2. The SMILES string of the molecule is Cc1cc(NCc2cccc(C)c2C)c2cccc(C#N)c2n1. The van der Waals surface area contributed by atoms with Crippen molar-refractivity contribution in [1.82, 2.24) is 4.98 Å². The summed E-state index contributed by atoms with van der Waals surface area (Å²) >= 11 is 0. The predicted molar refractivity (Wildman–Crippen MR) is 94.4 cm³/mol. The molecule has 0 unspecified atom stereocenters. The number of nitrogens with one attached hydrogen (secondary N) is 1. The summed E-state index contributed by atoms with van der Waals surface area (Å²) in [5.74, 6) is 0. The summed E-state index contributed by atoms with van der Waals surface area (Å²) in [6.45, 7) is 6.99. The highest BCUT2D eigenvalue weighted by Crippen LogP contribution is 2.26. The number of para-hydroxylation sites is 1. The number of nitriles is 1. The number of hydrogen-bond donors (Lipinski definition) is 1. The van der Waals surface area contributed by atoms with Gasteiger partial charge in [-0.25, -0.2) is 0 Å². The van der Waals surface area contributed by atoms with Crippen LogP contribution in [0.3, 0.4) is 0 Å². The molecular formula is C20H19N3. The lowest BCUT2D eigenvalue weighted by Gasteiger charge is -2.14. The first-order chi connectivity index (χ1) is 11.1. The minimum absolute atomic E-state index is 0.612. The van der Waals surface area contributed by atoms with E-state index in [-0.39, 0.29) is 0 Å². The fourth-order valence-corrected chi connectivity index (χ4v) is 2.81. The van der Waals surface area contributed by atoms with Gasteiger partial charge in [0, 0.05) is 23.3 Å². The molecule has 0 fully saturated rings. The highest BCUT2D eigenvalue weighted by atomic mass is 14.9. The molecule has 3 heteroatoms. The van der Waals surface area contributed by atoms with E-state index < -0.39 is 0 Å². The van der Waals surface area contributed by atoms with E-state index in [1.54, 1.807) is 0 Å². The van der Waals surface area contributed by atoms with E-state index in [0.717, 1.165) is 28.8 Å². The molecule has 3 nitrogen and oxygen atoms in total. The lowest BCUT2D eigenvalue weighted by molar-refractivity contribution is 1.10. The molecule has 0 aliphatic rings. The number of aromatic nitrogens is 1. The molecule has 0 saturated carbocycles. The van der Waals surface area contributed by atoms with E-state index in [2.05, 4.69) is 48.4 Å². The van der Waals surface area contributed by atoms with Gasteiger partial charge in [0.05, 0.1) is 11.1 Å². The van der Waals surface area contributed by atoms with E-state index in [1.807, 2.05) is 31.2 Å². The van der Waals surface area contributed by atoms with Gasteiger partial charge >= 0.3 is 0 Å². The Hall–Kier alpha value is -2.86. The molecule has 3 aromatic rings. The summed E-state index contributed by atoms with van der Waals surface area (Å²) in [5, 5.41) is 13.8. The topological polar surface area (TPSA) is 48.7 Å². The molecule has 0 bridgehead atoms. The van der Waals surface area contributed by atoms with Gasteiger partial charge in [-0.1, -0.05) is 30.3 Å². The van der Waals surface area contributed by atoms with Crippen LogP contribution in [-0.4, -0.2) is 4.98 Å². The van der Waals surface area contributed by atoms with Crippen molar-refractivity contribution in [1.29, 1.82) is 5.26 Å². The summed E-state index contributed by atoms with van der Waals surface area (Å²) in [5.41, 5.74) is 7.19. The van der Waals surface area contributed by atoms with Crippen molar-refractivity contribution in [2.45, 2.75) is 27.3 Å². The van der Waals surface area contributed by atoms with Crippen LogP contribution < -0.4 is 5.32 Å². The monoisotopic (exact) mass is 301 g/mol. The van der Waals surface area contributed by atoms with Crippen molar-refractivity contribution in [2.24, 2.45) is 0 Å². The normalized spacial score (nSPS) is 10.5. The Kier molecular flexibility index (Phi) is 3.99. The molecule has 0 radical (unpaired) electrons. The highest BCUT2D eigenvalue weighted by molar-refractivity contribution is 5.94. The second-order valence-electron chi connectivity index (χ2n) is 5.84. The van der Waals surface area contributed by atoms with Crippen molar-refractivity contribution in [3.05, 3.63) is 70.4 Å². The van der Waals surface area contributed by atoms with Crippen molar-refractivity contribution >= 4 is 16.6 Å². The Bertz CT molecular complexity index is 920. The van der Waals surface area contributed by atoms with E-state index in [1.165, 1.54) is 16.7 Å². The number of anilines is 1. The molecular weight excluding hydrogens is 282 g/mol. The van der Waals surface area contributed by atoms with Crippen molar-refractivity contribution in [2.75, 3.05) is 5.32 Å². The number of benzene rings is 2. The lowest BCUT2D eigenvalue weighted by Crippen LogP contribution is -2.04. The molecule has 114 valence electrons. The molecule has 1 N–H and O–H groups in total. The Balaban J connectivity index is 2.00. The summed E-state index contributed by atoms with van der Waals surface area (Å²) in [7, 11) is 0. The number of hydrogen-bond acceptors (Lipinski definition) is 3. The third-order valence-electron chi connectivity index (χ3n) is 4.27. The number of fused-ring (bicyclic) bond motifs is 1. The van der Waals surface area contributed by atoms with Crippen molar-refractivity contribution < 1.29 is 0 Å². The molecule has 1 aromatic heterocycles. The van der Waals surface area contributed by atoms with Crippen LogP contribution in [0.1, 0.15) is 27.9 Å². The zero-order valence-electron chi connectivity index (χ0n) is 13.6. The van der Waals surface area contributed by atoms with Crippen LogP contribution in [0, 0.1) is 32.1 Å². The first-order valence-electron chi connectivity index (χ1n) is 7.69. The minimum Gasteiger partial charge on any atom is -0.380 e. The van der Waals surface area contributed by atoms with Crippen LogP contribution in [-0.2, 0) is 6.54 Å². The Morgan fingerprint density at radius 2 is 1.87 bits per heavy atom. The molecule has 23 heavy (non-hydrogen) atoms. The van der Waals surface area contributed by atoms with Crippen LogP contribution in [0.25, 0.3) is 10.9 Å². The molecule has 2 aromatic carbocycles. The zero-order chi connectivity index (χ0) is 16.4. The largest absolute Gasteiger partial charge is 0.380 e. The van der Waals surface area contributed by atoms with Crippen LogP contribution in [0.5, 0.6) is 0 Å². The second-order valence-corrected chi connectivity index (χ2v) is 5.84. The quantitative estimate of drug-likeness (QED) is 0.766. The lowest BCUT2D eigenvalue weighted by atomic mass is 10.0. The Morgan fingerprint density at radius 1 is 1.09 bits per heavy atom. The molecule has 0 saturated heterocycles. The molecule has 3 rings (SSSR count). The smallest absolute Gasteiger partial charge is 0.101 e. The Labute approximate surface area is 136 Å². The average molecular weight is 301 g/mol. The maximum Gasteiger partial charge on any atom is 0.101 e. The van der Waals surface area contributed by atoms with Gasteiger partial charge in [0.25, 0.3) is 0 Å². The van der Waals surface area contributed by atoms with Crippen LogP contribution in [0.4, 0.5) is 5.69 Å². The van der Waals surface area contributed by atoms with Gasteiger partial charge < -0.3 is 5.32 Å². The van der Waals surface area contributed by atoms with Crippen LogP contribution >= 0.6 is 0 Å². The zero-order valence-corrected chi connectivity index (χ0v) is 13.6. The standard InChI is InChI=1S/C20H19N3/c1-13-6-4-8-17(15(13)3)12-22-19-10-14(2)23-20-16(11-21)7-5-9-18(19)20/h4-10H,12H2,1-3H3,(H,22,23). The summed E-state index contributed by atoms with van der Waals surface area (Å²) in [4.78, 5) is 4.53. The third kappa shape index (κ3) is 2.89. The molecule has 0 amide bonds. The first kappa shape index (κ1) is 15.1. The maximum atomic E-state index is 9.28. The molecule has 0 aliphatic heterocycles. The van der Waals surface area contributed by atoms with Crippen LogP contribution in [0.2, 0.25) is 0 Å². The number of aryl methyl sites for hydroxylation is 2. The summed E-state index contributed by atoms with van der Waals surface area (Å²) in [6.07, 6.45) is 0. The predicted octanol–water partition coefficient (Wildman–Crippen LogP) is 4.64. The van der Waals surface area contributed by atoms with E-state index >= 15 is 0 Å². The summed E-state index contributed by atoms with van der Waals surface area (Å²) < 4.78 is 0. The van der Waals surface area contributed by atoms with E-state index in [0.29, 0.717) is 5.56 Å². The van der Waals surface area contributed by atoms with E-state index in [9.17, 15) is 5.26 Å². The molecule has 0 spiro atoms. The minimum atomic E-state index is 0.612. The van der Waals surface area contributed by atoms with Gasteiger partial charge in [-0.05, 0) is 49.6 Å². The van der Waals surface area contributed by atoms with Gasteiger partial charge in [0.1, 0.15) is 6.07 Å². The third-order valence-corrected chi connectivity index (χ3v) is 4.27. The maximum absolute atomic E-state index is 9.28. The van der Waals surface area contributed by atoms with Crippen molar-refractivity contribution in [3.63, 3.8) is 0 Å². The van der Waals surface area contributed by atoms with Crippen molar-refractivity contribution in [3.8, 4) is 6.07 Å². The van der Waals surface area contributed by atoms with Gasteiger partial charge in [0.2, 0.25) is 0 Å². The Morgan fingerprint density at radius 3 is 2.65 bits per heavy atom. The first-order valence-corrected chi connectivity index (χ1v) is 7.69. The molecule has 1 heterocycles. The van der Waals surface area contributed by atoms with Gasteiger partial charge in [-0.3, -0.25) is 4.98 Å². The number of pyridine rings is 1.